The summed E-state index contributed by atoms with van der Waals surface area (Å²) in [7, 11) is 0. The van der Waals surface area contributed by atoms with Crippen molar-refractivity contribution in [2.75, 3.05) is 13.1 Å². The molecule has 0 spiro atoms. The fourth-order valence-corrected chi connectivity index (χ4v) is 9.14. The Labute approximate surface area is 359 Å². The molecule has 14 nitrogen and oxygen atoms in total. The number of ether oxygens (including phenoxy) is 2. The van der Waals surface area contributed by atoms with E-state index in [0.29, 0.717) is 48.7 Å². The number of aromatic nitrogens is 4. The Kier molecular flexibility index (Phi) is 11.7. The molecule has 2 fully saturated rings. The number of rotatable bonds is 11. The first kappa shape index (κ1) is 41.5. The van der Waals surface area contributed by atoms with Gasteiger partial charge in [0.2, 0.25) is 12.2 Å². The fourth-order valence-electron chi connectivity index (χ4n) is 9.14. The zero-order valence-electron chi connectivity index (χ0n) is 35.2. The number of H-pyrrole nitrogens is 2. The van der Waals surface area contributed by atoms with Gasteiger partial charge in [0.1, 0.15) is 11.6 Å². The molecule has 14 heteroatoms. The molecule has 8 rings (SSSR count). The highest BCUT2D eigenvalue weighted by molar-refractivity contribution is 5.86. The number of nitrogens with two attached hydrogens (primary N) is 2. The van der Waals surface area contributed by atoms with Gasteiger partial charge in [-0.05, 0) is 98.4 Å². The van der Waals surface area contributed by atoms with Crippen LogP contribution in [0.5, 0.6) is 0 Å². The first-order valence-corrected chi connectivity index (χ1v) is 20.8. The highest BCUT2D eigenvalue weighted by atomic mass is 16.6. The van der Waals surface area contributed by atoms with Crippen molar-refractivity contribution >= 4 is 24.0 Å². The minimum Gasteiger partial charge on any atom is -0.431 e. The zero-order valence-corrected chi connectivity index (χ0v) is 35.2. The maximum Gasteiger partial charge on any atom is 0.405 e. The summed E-state index contributed by atoms with van der Waals surface area (Å²) in [6, 6.07) is 25.7. The van der Waals surface area contributed by atoms with Crippen molar-refractivity contribution in [1.82, 2.24) is 29.7 Å². The number of nitrogens with one attached hydrogen (secondary N) is 2. The van der Waals surface area contributed by atoms with Crippen molar-refractivity contribution in [1.29, 1.82) is 0 Å². The summed E-state index contributed by atoms with van der Waals surface area (Å²) >= 11 is 0. The van der Waals surface area contributed by atoms with Crippen LogP contribution in [0.4, 0.5) is 9.59 Å². The number of carbonyl (C=O) groups excluding carboxylic acids is 4. The van der Waals surface area contributed by atoms with Crippen LogP contribution in [0.3, 0.4) is 0 Å². The number of aryl methyl sites for hydroxylation is 2. The Morgan fingerprint density at radius 1 is 0.629 bits per heavy atom. The second kappa shape index (κ2) is 17.4. The number of hydrogen-bond donors (Lipinski definition) is 4. The van der Waals surface area contributed by atoms with Gasteiger partial charge in [-0.1, -0.05) is 78.9 Å². The van der Waals surface area contributed by atoms with E-state index in [9.17, 15) is 19.2 Å². The van der Waals surface area contributed by atoms with E-state index in [2.05, 4.69) is 61.9 Å². The van der Waals surface area contributed by atoms with E-state index in [0.717, 1.165) is 68.7 Å². The van der Waals surface area contributed by atoms with E-state index in [4.69, 9.17) is 30.9 Å². The van der Waals surface area contributed by atoms with E-state index in [1.165, 1.54) is 0 Å². The number of aromatic amines is 2. The van der Waals surface area contributed by atoms with Crippen LogP contribution in [0.15, 0.2) is 97.3 Å². The normalized spacial score (nSPS) is 17.2. The Bertz CT molecular complexity index is 2640. The second-order valence-electron chi connectivity index (χ2n) is 16.1. The van der Waals surface area contributed by atoms with Gasteiger partial charge < -0.3 is 40.7 Å². The highest BCUT2D eigenvalue weighted by Crippen LogP contribution is 2.40. The molecular weight excluding hydrogens is 785 g/mol. The van der Waals surface area contributed by atoms with E-state index in [1.54, 1.807) is 64.5 Å². The van der Waals surface area contributed by atoms with Crippen molar-refractivity contribution in [3.05, 3.63) is 142 Å². The minimum absolute atomic E-state index is 0.313. The largest absolute Gasteiger partial charge is 0.431 e. The SMILES string of the molecule is Cc1cc(-c2cnc(C3CCCN3C(=O)[C@H](OC(N)=O)c3ccccc3)[nH]2)ccc1-c1cc(C)c(-c2cnc(C3CCCN3C(=O)[C@H](OC(N)=O)c3ccccc3)[nH]2)c(C)c1C. The summed E-state index contributed by atoms with van der Waals surface area (Å²) in [6.45, 7) is 9.45. The molecule has 6 aromatic rings. The monoisotopic (exact) mass is 834 g/mol. The zero-order chi connectivity index (χ0) is 43.7. The fraction of sp³-hybridized carbons (Fsp3) is 0.292. The molecule has 2 saturated heterocycles. The predicted octanol–water partition coefficient (Wildman–Crippen LogP) is 8.37. The lowest BCUT2D eigenvalue weighted by Gasteiger charge is -2.27. The van der Waals surface area contributed by atoms with Gasteiger partial charge in [-0.25, -0.2) is 19.6 Å². The molecule has 0 bridgehead atoms. The van der Waals surface area contributed by atoms with Gasteiger partial charge in [0, 0.05) is 29.8 Å². The van der Waals surface area contributed by atoms with Gasteiger partial charge in [-0.3, -0.25) is 9.59 Å². The Morgan fingerprint density at radius 3 is 1.63 bits per heavy atom. The number of hydrogen-bond acceptors (Lipinski definition) is 8. The van der Waals surface area contributed by atoms with Gasteiger partial charge in [0.05, 0.1) is 35.9 Å². The molecule has 2 aliphatic heterocycles. The molecule has 6 N–H and O–H groups in total. The second-order valence-corrected chi connectivity index (χ2v) is 16.1. The lowest BCUT2D eigenvalue weighted by atomic mass is 9.87. The van der Waals surface area contributed by atoms with Crippen LogP contribution in [0.2, 0.25) is 0 Å². The summed E-state index contributed by atoms with van der Waals surface area (Å²) in [6.07, 6.45) is 2.29. The molecule has 4 aromatic carbocycles. The van der Waals surface area contributed by atoms with Gasteiger partial charge in [0.25, 0.3) is 11.8 Å². The van der Waals surface area contributed by atoms with Crippen molar-refractivity contribution in [2.24, 2.45) is 11.5 Å². The van der Waals surface area contributed by atoms with Crippen molar-refractivity contribution in [3.8, 4) is 33.6 Å². The predicted molar refractivity (Wildman–Crippen MR) is 233 cm³/mol. The standard InChI is InChI=1S/C48H50N8O6/c1-27-23-33(36-25-51-43(53-36)38-17-11-21-55(38)45(57)41(61-47(49)59)31-13-7-5-8-14-31)19-20-34(27)35-24-28(2)40(30(4)29(35)3)37-26-52-44(54-37)39-18-12-22-56(39)46(58)42(62-48(50)60)32-15-9-6-10-16-32/h5-10,13-16,19-20,23-26,38-39,41-42H,11-12,17-18,21-22H2,1-4H3,(H2,49,59)(H2,50,60)(H,51,53)(H,52,54)/t38?,39?,41-,42-/m1/s1. The number of nitrogens with zero attached hydrogens (tertiary/aromatic N) is 4. The number of primary amides is 2. The molecule has 2 aliphatic rings. The van der Waals surface area contributed by atoms with Crippen LogP contribution in [0.1, 0.15) is 95.0 Å². The van der Waals surface area contributed by atoms with Crippen LogP contribution in [-0.2, 0) is 19.1 Å². The lowest BCUT2D eigenvalue weighted by molar-refractivity contribution is -0.142. The molecule has 62 heavy (non-hydrogen) atoms. The van der Waals surface area contributed by atoms with E-state index in [1.807, 2.05) is 18.3 Å². The van der Waals surface area contributed by atoms with Crippen LogP contribution in [0, 0.1) is 27.7 Å². The number of amides is 4. The Hall–Kier alpha value is -7.22. The average molecular weight is 835 g/mol. The third-order valence-corrected chi connectivity index (χ3v) is 12.2. The quantitative estimate of drug-likeness (QED) is 0.0996. The third kappa shape index (κ3) is 8.15. The number of carbonyl (C=O) groups is 4. The van der Waals surface area contributed by atoms with Crippen LogP contribution in [0.25, 0.3) is 33.6 Å². The summed E-state index contributed by atoms with van der Waals surface area (Å²) in [5.74, 6) is 0.662. The first-order chi connectivity index (χ1) is 29.9. The number of benzene rings is 4. The smallest absolute Gasteiger partial charge is 0.405 e. The van der Waals surface area contributed by atoms with Gasteiger partial charge >= 0.3 is 12.2 Å². The molecule has 4 heterocycles. The first-order valence-electron chi connectivity index (χ1n) is 20.8. The van der Waals surface area contributed by atoms with E-state index < -0.39 is 24.4 Å². The summed E-state index contributed by atoms with van der Waals surface area (Å²) in [5, 5.41) is 0. The van der Waals surface area contributed by atoms with Crippen LogP contribution < -0.4 is 11.5 Å². The van der Waals surface area contributed by atoms with Crippen molar-refractivity contribution in [2.45, 2.75) is 77.7 Å². The molecule has 4 atom stereocenters. The number of likely N-dealkylation sites (tertiary alicyclic amines) is 2. The molecule has 318 valence electrons. The Morgan fingerprint density at radius 2 is 1.13 bits per heavy atom. The average Bonchev–Trinajstić information content (AvgIpc) is 4.11. The molecule has 2 aromatic heterocycles. The summed E-state index contributed by atoms with van der Waals surface area (Å²) < 4.78 is 10.7. The molecule has 2 unspecified atom stereocenters. The number of imidazole rings is 2. The van der Waals surface area contributed by atoms with Crippen molar-refractivity contribution in [3.63, 3.8) is 0 Å². The summed E-state index contributed by atoms with van der Waals surface area (Å²) in [5.41, 5.74) is 22.2. The maximum atomic E-state index is 13.9. The third-order valence-electron chi connectivity index (χ3n) is 12.2. The van der Waals surface area contributed by atoms with E-state index >= 15 is 0 Å². The molecule has 4 amide bonds. The summed E-state index contributed by atoms with van der Waals surface area (Å²) in [4.78, 5) is 71.3. The molecule has 0 radical (unpaired) electrons. The van der Waals surface area contributed by atoms with E-state index in [-0.39, 0.29) is 23.9 Å². The van der Waals surface area contributed by atoms with Crippen molar-refractivity contribution < 1.29 is 28.7 Å². The minimum atomic E-state index is -1.15. The van der Waals surface area contributed by atoms with Gasteiger partial charge in [-0.15, -0.1) is 0 Å². The Balaban J connectivity index is 1.01. The lowest BCUT2D eigenvalue weighted by Crippen LogP contribution is -2.37. The molecule has 0 aliphatic carbocycles. The highest BCUT2D eigenvalue weighted by Gasteiger charge is 2.39. The maximum absolute atomic E-state index is 13.9. The van der Waals surface area contributed by atoms with Gasteiger partial charge in [-0.2, -0.15) is 0 Å². The topological polar surface area (TPSA) is 203 Å². The van der Waals surface area contributed by atoms with Gasteiger partial charge in [0.15, 0.2) is 0 Å². The molecule has 0 saturated carbocycles. The van der Waals surface area contributed by atoms with Crippen LogP contribution >= 0.6 is 0 Å². The molecular formula is C48H50N8O6. The van der Waals surface area contributed by atoms with Crippen LogP contribution in [-0.4, -0.2) is 66.8 Å².